The van der Waals surface area contributed by atoms with Gasteiger partial charge < -0.3 is 9.88 Å². The largest absolute Gasteiger partial charge is 0.348 e. The van der Waals surface area contributed by atoms with Gasteiger partial charge in [0.15, 0.2) is 0 Å². The highest BCUT2D eigenvalue weighted by Crippen LogP contribution is 2.20. The van der Waals surface area contributed by atoms with Crippen LogP contribution in [0, 0.1) is 5.41 Å². The van der Waals surface area contributed by atoms with E-state index in [-0.39, 0.29) is 22.3 Å². The standard InChI is InChI=1S/C13H23N3O3S/c1-6-16-8-10(20(14,18)19)7-11(16)12(17)15-9(2)13(3,4)5/h7-9H,6H2,1-5H3,(H,15,17)(H2,14,18,19). The maximum atomic E-state index is 12.3. The summed E-state index contributed by atoms with van der Waals surface area (Å²) in [4.78, 5) is 12.2. The molecule has 20 heavy (non-hydrogen) atoms. The van der Waals surface area contributed by atoms with E-state index >= 15 is 0 Å². The molecule has 1 rings (SSSR count). The summed E-state index contributed by atoms with van der Waals surface area (Å²) in [6, 6.07) is 1.26. The smallest absolute Gasteiger partial charge is 0.268 e. The van der Waals surface area contributed by atoms with Gasteiger partial charge in [-0.15, -0.1) is 0 Å². The Bertz CT molecular complexity index is 597. The summed E-state index contributed by atoms with van der Waals surface area (Å²) in [7, 11) is -3.81. The summed E-state index contributed by atoms with van der Waals surface area (Å²) in [5.74, 6) is -0.302. The Kier molecular flexibility index (Phi) is 4.66. The maximum Gasteiger partial charge on any atom is 0.268 e. The highest BCUT2D eigenvalue weighted by atomic mass is 32.2. The first-order chi connectivity index (χ1) is 8.96. The molecule has 0 radical (unpaired) electrons. The molecule has 1 atom stereocenters. The average Bonchev–Trinajstić information content (AvgIpc) is 2.70. The van der Waals surface area contributed by atoms with Crippen LogP contribution in [0.15, 0.2) is 17.2 Å². The van der Waals surface area contributed by atoms with Crippen LogP contribution < -0.4 is 10.5 Å². The Morgan fingerprint density at radius 1 is 1.45 bits per heavy atom. The molecule has 0 aliphatic carbocycles. The lowest BCUT2D eigenvalue weighted by Gasteiger charge is -2.28. The van der Waals surface area contributed by atoms with E-state index in [9.17, 15) is 13.2 Å². The molecule has 0 spiro atoms. The zero-order valence-corrected chi connectivity index (χ0v) is 13.4. The molecular weight excluding hydrogens is 278 g/mol. The highest BCUT2D eigenvalue weighted by Gasteiger charge is 2.24. The molecule has 1 aromatic heterocycles. The topological polar surface area (TPSA) is 94.2 Å². The normalized spacial score (nSPS) is 14.1. The molecule has 3 N–H and O–H groups in total. The molecule has 1 heterocycles. The third kappa shape index (κ3) is 3.83. The number of hydrogen-bond donors (Lipinski definition) is 2. The van der Waals surface area contributed by atoms with E-state index in [0.29, 0.717) is 12.2 Å². The molecule has 0 aliphatic rings. The molecule has 6 nitrogen and oxygen atoms in total. The van der Waals surface area contributed by atoms with Gasteiger partial charge in [0.25, 0.3) is 5.91 Å². The number of primary sulfonamides is 1. The highest BCUT2D eigenvalue weighted by molar-refractivity contribution is 7.89. The fourth-order valence-corrected chi connectivity index (χ4v) is 2.13. The van der Waals surface area contributed by atoms with E-state index in [1.165, 1.54) is 12.3 Å². The Hall–Kier alpha value is -1.34. The monoisotopic (exact) mass is 301 g/mol. The van der Waals surface area contributed by atoms with Crippen LogP contribution in [0.25, 0.3) is 0 Å². The van der Waals surface area contributed by atoms with Gasteiger partial charge in [0.2, 0.25) is 10.0 Å². The third-order valence-electron chi connectivity index (χ3n) is 3.42. The van der Waals surface area contributed by atoms with Crippen LogP contribution in [0.1, 0.15) is 45.1 Å². The van der Waals surface area contributed by atoms with E-state index in [2.05, 4.69) is 5.32 Å². The van der Waals surface area contributed by atoms with Crippen molar-refractivity contribution in [3.05, 3.63) is 18.0 Å². The summed E-state index contributed by atoms with van der Waals surface area (Å²) in [6.07, 6.45) is 1.38. The molecule has 0 saturated heterocycles. The van der Waals surface area contributed by atoms with Crippen LogP contribution in [-0.4, -0.2) is 24.9 Å². The van der Waals surface area contributed by atoms with Gasteiger partial charge in [-0.05, 0) is 25.3 Å². The maximum absolute atomic E-state index is 12.3. The number of amides is 1. The second-order valence-electron chi connectivity index (χ2n) is 5.95. The van der Waals surface area contributed by atoms with Crippen LogP contribution in [0.2, 0.25) is 0 Å². The minimum absolute atomic E-state index is 0.0480. The number of nitrogens with two attached hydrogens (primary N) is 1. The zero-order valence-electron chi connectivity index (χ0n) is 12.6. The lowest BCUT2D eigenvalue weighted by molar-refractivity contribution is 0.0900. The Morgan fingerprint density at radius 3 is 2.40 bits per heavy atom. The number of sulfonamides is 1. The van der Waals surface area contributed by atoms with Crippen LogP contribution >= 0.6 is 0 Å². The van der Waals surface area contributed by atoms with E-state index in [1.54, 1.807) is 4.57 Å². The Labute approximate surface area is 120 Å². The van der Waals surface area contributed by atoms with Crippen molar-refractivity contribution in [2.45, 2.75) is 52.1 Å². The van der Waals surface area contributed by atoms with Gasteiger partial charge in [0.05, 0.1) is 0 Å². The van der Waals surface area contributed by atoms with Crippen molar-refractivity contribution in [3.8, 4) is 0 Å². The molecule has 1 aromatic rings. The van der Waals surface area contributed by atoms with Crippen molar-refractivity contribution >= 4 is 15.9 Å². The third-order valence-corrected chi connectivity index (χ3v) is 4.30. The number of carbonyl (C=O) groups excluding carboxylic acids is 1. The molecule has 1 unspecified atom stereocenters. The first-order valence-corrected chi connectivity index (χ1v) is 8.05. The Balaban J connectivity index is 3.08. The molecule has 7 heteroatoms. The lowest BCUT2D eigenvalue weighted by Crippen LogP contribution is -2.42. The molecule has 0 fully saturated rings. The Morgan fingerprint density at radius 2 is 2.00 bits per heavy atom. The summed E-state index contributed by atoms with van der Waals surface area (Å²) in [6.45, 7) is 10.3. The summed E-state index contributed by atoms with van der Waals surface area (Å²) in [5, 5.41) is 7.97. The number of hydrogen-bond acceptors (Lipinski definition) is 3. The fourth-order valence-electron chi connectivity index (χ4n) is 1.58. The van der Waals surface area contributed by atoms with Crippen molar-refractivity contribution < 1.29 is 13.2 Å². The molecule has 0 bridgehead atoms. The molecular formula is C13H23N3O3S. The number of aromatic nitrogens is 1. The van der Waals surface area contributed by atoms with E-state index < -0.39 is 10.0 Å². The molecule has 0 aliphatic heterocycles. The second kappa shape index (κ2) is 5.57. The number of rotatable bonds is 4. The van der Waals surface area contributed by atoms with Crippen LogP contribution in [0.3, 0.4) is 0 Å². The van der Waals surface area contributed by atoms with Crippen molar-refractivity contribution in [2.75, 3.05) is 0 Å². The quantitative estimate of drug-likeness (QED) is 0.878. The predicted molar refractivity (Wildman–Crippen MR) is 77.9 cm³/mol. The second-order valence-corrected chi connectivity index (χ2v) is 7.51. The van der Waals surface area contributed by atoms with Gasteiger partial charge in [-0.3, -0.25) is 4.79 Å². The minimum atomic E-state index is -3.81. The minimum Gasteiger partial charge on any atom is -0.348 e. The first-order valence-electron chi connectivity index (χ1n) is 6.50. The predicted octanol–water partition coefficient (Wildman–Crippen LogP) is 1.32. The van der Waals surface area contributed by atoms with E-state index in [4.69, 9.17) is 5.14 Å². The molecule has 0 saturated carbocycles. The van der Waals surface area contributed by atoms with Gasteiger partial charge in [-0.2, -0.15) is 0 Å². The number of carbonyl (C=O) groups is 1. The zero-order chi connectivity index (χ0) is 15.7. The van der Waals surface area contributed by atoms with Crippen LogP contribution in [0.5, 0.6) is 0 Å². The summed E-state index contributed by atoms with van der Waals surface area (Å²) >= 11 is 0. The SMILES string of the molecule is CCn1cc(S(N)(=O)=O)cc1C(=O)NC(C)C(C)(C)C. The van der Waals surface area contributed by atoms with Gasteiger partial charge in [0, 0.05) is 18.8 Å². The fraction of sp³-hybridized carbons (Fsp3) is 0.615. The summed E-state index contributed by atoms with van der Waals surface area (Å²) in [5.41, 5.74) is 0.217. The van der Waals surface area contributed by atoms with Gasteiger partial charge in [-0.1, -0.05) is 20.8 Å². The average molecular weight is 301 g/mol. The summed E-state index contributed by atoms with van der Waals surface area (Å²) < 4.78 is 24.3. The first kappa shape index (κ1) is 16.7. The number of aryl methyl sites for hydroxylation is 1. The van der Waals surface area contributed by atoms with Crippen molar-refractivity contribution in [1.82, 2.24) is 9.88 Å². The van der Waals surface area contributed by atoms with Crippen molar-refractivity contribution in [1.29, 1.82) is 0 Å². The van der Waals surface area contributed by atoms with E-state index in [1.807, 2.05) is 34.6 Å². The van der Waals surface area contributed by atoms with Crippen molar-refractivity contribution in [3.63, 3.8) is 0 Å². The van der Waals surface area contributed by atoms with Gasteiger partial charge >= 0.3 is 0 Å². The van der Waals surface area contributed by atoms with E-state index in [0.717, 1.165) is 0 Å². The van der Waals surface area contributed by atoms with Gasteiger partial charge in [0.1, 0.15) is 10.6 Å². The lowest BCUT2D eigenvalue weighted by atomic mass is 9.88. The molecule has 114 valence electrons. The molecule has 0 aromatic carbocycles. The number of nitrogens with zero attached hydrogens (tertiary/aromatic N) is 1. The van der Waals surface area contributed by atoms with Crippen molar-refractivity contribution in [2.24, 2.45) is 10.6 Å². The van der Waals surface area contributed by atoms with Crippen LogP contribution in [0.4, 0.5) is 0 Å². The van der Waals surface area contributed by atoms with Crippen LogP contribution in [-0.2, 0) is 16.6 Å². The number of nitrogens with one attached hydrogen (secondary N) is 1. The van der Waals surface area contributed by atoms with Gasteiger partial charge in [-0.25, -0.2) is 13.6 Å². The molecule has 1 amide bonds.